The lowest BCUT2D eigenvalue weighted by Crippen LogP contribution is -2.44. The molecular formula is C15H19F3O5. The number of hydrogen-bond acceptors (Lipinski definition) is 5. The van der Waals surface area contributed by atoms with Gasteiger partial charge in [0.15, 0.2) is 12.4 Å². The number of aliphatic hydroxyl groups is 1. The SMILES string of the molecule is Cc1ccc([C@](O)(CC(=O)OCC(=O)C(C)(C)C)C(F)(F)F)o1. The van der Waals surface area contributed by atoms with Gasteiger partial charge in [0.1, 0.15) is 11.5 Å². The number of alkyl halides is 3. The van der Waals surface area contributed by atoms with E-state index in [1.54, 1.807) is 20.8 Å². The number of furan rings is 1. The monoisotopic (exact) mass is 336 g/mol. The van der Waals surface area contributed by atoms with Gasteiger partial charge in [-0.1, -0.05) is 20.8 Å². The van der Waals surface area contributed by atoms with Crippen LogP contribution in [0.5, 0.6) is 0 Å². The van der Waals surface area contributed by atoms with Crippen molar-refractivity contribution in [1.82, 2.24) is 0 Å². The molecule has 0 spiro atoms. The second-order valence-electron chi connectivity index (χ2n) is 6.28. The van der Waals surface area contributed by atoms with Crippen LogP contribution >= 0.6 is 0 Å². The molecule has 8 heteroatoms. The van der Waals surface area contributed by atoms with E-state index in [2.05, 4.69) is 4.74 Å². The zero-order valence-corrected chi connectivity index (χ0v) is 13.3. The molecule has 0 saturated carbocycles. The molecular weight excluding hydrogens is 317 g/mol. The molecule has 0 aliphatic carbocycles. The van der Waals surface area contributed by atoms with Gasteiger partial charge in [0.25, 0.3) is 0 Å². The highest BCUT2D eigenvalue weighted by Gasteiger charge is 2.58. The van der Waals surface area contributed by atoms with Gasteiger partial charge in [0.05, 0.1) is 6.42 Å². The van der Waals surface area contributed by atoms with Crippen molar-refractivity contribution in [2.24, 2.45) is 5.41 Å². The molecule has 130 valence electrons. The Morgan fingerprint density at radius 3 is 2.17 bits per heavy atom. The van der Waals surface area contributed by atoms with E-state index in [1.807, 2.05) is 0 Å². The first-order valence-corrected chi connectivity index (χ1v) is 6.82. The topological polar surface area (TPSA) is 76.7 Å². The highest BCUT2D eigenvalue weighted by Crippen LogP contribution is 2.42. The van der Waals surface area contributed by atoms with Crippen LogP contribution in [0.3, 0.4) is 0 Å². The van der Waals surface area contributed by atoms with Crippen molar-refractivity contribution in [3.63, 3.8) is 0 Å². The molecule has 1 aromatic heterocycles. The standard InChI is InChI=1S/C15H19F3O5/c1-9-5-6-11(23-9)14(21,15(16,17)18)7-12(20)22-8-10(19)13(2,3)4/h5-6,21H,7-8H2,1-4H3/t14-/m1/s1. The Morgan fingerprint density at radius 1 is 1.22 bits per heavy atom. The fourth-order valence-electron chi connectivity index (χ4n) is 1.61. The minimum Gasteiger partial charge on any atom is -0.463 e. The van der Waals surface area contributed by atoms with Crippen molar-refractivity contribution >= 4 is 11.8 Å². The minimum absolute atomic E-state index is 0.152. The number of hydrogen-bond donors (Lipinski definition) is 1. The van der Waals surface area contributed by atoms with Gasteiger partial charge < -0.3 is 14.3 Å². The number of ether oxygens (including phenoxy) is 1. The molecule has 0 saturated heterocycles. The zero-order valence-electron chi connectivity index (χ0n) is 13.3. The number of halogens is 3. The highest BCUT2D eigenvalue weighted by molar-refractivity contribution is 5.86. The molecule has 0 amide bonds. The summed E-state index contributed by atoms with van der Waals surface area (Å²) in [5.41, 5.74) is -4.30. The van der Waals surface area contributed by atoms with Gasteiger partial charge in [0, 0.05) is 5.41 Å². The Kier molecular flexibility index (Phi) is 5.30. The third-order valence-corrected chi connectivity index (χ3v) is 3.22. The Hall–Kier alpha value is -1.83. The van der Waals surface area contributed by atoms with Crippen LogP contribution in [-0.4, -0.2) is 29.6 Å². The van der Waals surface area contributed by atoms with Gasteiger partial charge in [0.2, 0.25) is 5.60 Å². The van der Waals surface area contributed by atoms with Gasteiger partial charge >= 0.3 is 12.1 Å². The van der Waals surface area contributed by atoms with Crippen molar-refractivity contribution < 1.29 is 37.0 Å². The van der Waals surface area contributed by atoms with E-state index >= 15 is 0 Å². The molecule has 1 atom stereocenters. The average Bonchev–Trinajstić information content (AvgIpc) is 2.80. The lowest BCUT2D eigenvalue weighted by atomic mass is 9.91. The molecule has 1 aromatic rings. The summed E-state index contributed by atoms with van der Waals surface area (Å²) in [5, 5.41) is 9.92. The van der Waals surface area contributed by atoms with Crippen LogP contribution in [-0.2, 0) is 19.9 Å². The van der Waals surface area contributed by atoms with Crippen LogP contribution in [0.4, 0.5) is 13.2 Å². The van der Waals surface area contributed by atoms with Gasteiger partial charge in [-0.15, -0.1) is 0 Å². The molecule has 5 nitrogen and oxygen atoms in total. The van der Waals surface area contributed by atoms with Crippen molar-refractivity contribution in [3.8, 4) is 0 Å². The third kappa shape index (κ3) is 4.57. The Labute approximate surface area is 131 Å². The van der Waals surface area contributed by atoms with Crippen LogP contribution in [0.2, 0.25) is 0 Å². The molecule has 0 unspecified atom stereocenters. The summed E-state index contributed by atoms with van der Waals surface area (Å²) in [6.07, 6.45) is -6.55. The maximum atomic E-state index is 13.2. The summed E-state index contributed by atoms with van der Waals surface area (Å²) >= 11 is 0. The Morgan fingerprint density at radius 2 is 1.78 bits per heavy atom. The third-order valence-electron chi connectivity index (χ3n) is 3.22. The predicted octanol–water partition coefficient (Wildman–Crippen LogP) is 2.89. The Bertz CT molecular complexity index is 583. The molecule has 0 aliphatic rings. The molecule has 0 bridgehead atoms. The second kappa shape index (κ2) is 6.35. The van der Waals surface area contributed by atoms with Crippen LogP contribution in [0.25, 0.3) is 0 Å². The van der Waals surface area contributed by atoms with Gasteiger partial charge in [-0.05, 0) is 19.1 Å². The van der Waals surface area contributed by atoms with Crippen LogP contribution in [0.15, 0.2) is 16.5 Å². The Balaban J connectivity index is 2.88. The summed E-state index contributed by atoms with van der Waals surface area (Å²) in [4.78, 5) is 23.3. The number of carbonyl (C=O) groups is 2. The first-order chi connectivity index (χ1) is 10.3. The normalized spacial score (nSPS) is 15.1. The molecule has 0 aliphatic heterocycles. The first kappa shape index (κ1) is 19.2. The van der Waals surface area contributed by atoms with Crippen LogP contribution < -0.4 is 0 Å². The molecule has 0 aromatic carbocycles. The number of esters is 1. The van der Waals surface area contributed by atoms with E-state index in [-0.39, 0.29) is 5.76 Å². The molecule has 23 heavy (non-hydrogen) atoms. The second-order valence-corrected chi connectivity index (χ2v) is 6.28. The molecule has 1 heterocycles. The lowest BCUT2D eigenvalue weighted by Gasteiger charge is -2.27. The summed E-state index contributed by atoms with van der Waals surface area (Å²) in [6.45, 7) is 5.50. The summed E-state index contributed by atoms with van der Waals surface area (Å²) in [7, 11) is 0. The molecule has 1 rings (SSSR count). The molecule has 1 N–H and O–H groups in total. The van der Waals surface area contributed by atoms with E-state index in [0.717, 1.165) is 6.07 Å². The number of rotatable bonds is 5. The van der Waals surface area contributed by atoms with Crippen molar-refractivity contribution in [1.29, 1.82) is 0 Å². The van der Waals surface area contributed by atoms with Crippen LogP contribution in [0.1, 0.15) is 38.7 Å². The van der Waals surface area contributed by atoms with E-state index in [9.17, 15) is 27.9 Å². The van der Waals surface area contributed by atoms with Crippen molar-refractivity contribution in [2.75, 3.05) is 6.61 Å². The number of ketones is 1. The van der Waals surface area contributed by atoms with Gasteiger partial charge in [-0.25, -0.2) is 0 Å². The summed E-state index contributed by atoms with van der Waals surface area (Å²) in [6, 6.07) is 2.18. The quantitative estimate of drug-likeness (QED) is 0.837. The first-order valence-electron chi connectivity index (χ1n) is 6.82. The summed E-state index contributed by atoms with van der Waals surface area (Å²) in [5.74, 6) is -2.45. The number of Topliss-reactive ketones (excluding diaryl/α,β-unsaturated/α-hetero) is 1. The molecule has 0 radical (unpaired) electrons. The predicted molar refractivity (Wildman–Crippen MR) is 73.4 cm³/mol. The summed E-state index contributed by atoms with van der Waals surface area (Å²) < 4.78 is 48.9. The fraction of sp³-hybridized carbons (Fsp3) is 0.600. The number of carbonyl (C=O) groups excluding carboxylic acids is 2. The van der Waals surface area contributed by atoms with E-state index in [1.165, 1.54) is 13.0 Å². The maximum absolute atomic E-state index is 13.2. The van der Waals surface area contributed by atoms with Crippen molar-refractivity contribution in [2.45, 2.75) is 45.9 Å². The highest BCUT2D eigenvalue weighted by atomic mass is 19.4. The number of aryl methyl sites for hydroxylation is 1. The molecule has 0 fully saturated rings. The lowest BCUT2D eigenvalue weighted by molar-refractivity contribution is -0.275. The van der Waals surface area contributed by atoms with Crippen LogP contribution in [0, 0.1) is 12.3 Å². The minimum atomic E-state index is -5.15. The van der Waals surface area contributed by atoms with E-state index < -0.39 is 47.7 Å². The average molecular weight is 336 g/mol. The zero-order chi connectivity index (χ0) is 18.1. The largest absolute Gasteiger partial charge is 0.463 e. The fourth-order valence-corrected chi connectivity index (χ4v) is 1.61. The van der Waals surface area contributed by atoms with E-state index in [4.69, 9.17) is 4.42 Å². The maximum Gasteiger partial charge on any atom is 0.425 e. The smallest absolute Gasteiger partial charge is 0.425 e. The van der Waals surface area contributed by atoms with Gasteiger partial charge in [-0.2, -0.15) is 13.2 Å². The van der Waals surface area contributed by atoms with Gasteiger partial charge in [-0.3, -0.25) is 9.59 Å². The van der Waals surface area contributed by atoms with Crippen molar-refractivity contribution in [3.05, 3.63) is 23.7 Å². The van der Waals surface area contributed by atoms with E-state index in [0.29, 0.717) is 0 Å².